The molecular weight excluding hydrogens is 198 g/mol. The van der Waals surface area contributed by atoms with Crippen LogP contribution in [0.15, 0.2) is 0 Å². The number of methoxy groups -OCH3 is 1. The van der Waals surface area contributed by atoms with E-state index in [1.54, 1.807) is 0 Å². The molecular formula is C14H27NO. The summed E-state index contributed by atoms with van der Waals surface area (Å²) in [7, 11) is 1.84. The average Bonchev–Trinajstić information content (AvgIpc) is 2.87. The molecule has 2 saturated carbocycles. The molecule has 2 heteroatoms. The Balaban J connectivity index is 1.85. The number of rotatable bonds is 7. The van der Waals surface area contributed by atoms with Crippen LogP contribution in [0.4, 0.5) is 0 Å². The van der Waals surface area contributed by atoms with Crippen molar-refractivity contribution in [2.75, 3.05) is 20.2 Å². The van der Waals surface area contributed by atoms with Crippen molar-refractivity contribution in [2.24, 2.45) is 17.3 Å². The Morgan fingerprint density at radius 1 is 1.38 bits per heavy atom. The van der Waals surface area contributed by atoms with Crippen molar-refractivity contribution in [3.63, 3.8) is 0 Å². The first-order valence-corrected chi connectivity index (χ1v) is 6.92. The summed E-state index contributed by atoms with van der Waals surface area (Å²) in [6.45, 7) is 6.83. The third-order valence-electron chi connectivity index (χ3n) is 4.51. The topological polar surface area (TPSA) is 21.3 Å². The highest BCUT2D eigenvalue weighted by atomic mass is 16.5. The van der Waals surface area contributed by atoms with Crippen LogP contribution < -0.4 is 5.32 Å². The van der Waals surface area contributed by atoms with Gasteiger partial charge in [0.15, 0.2) is 0 Å². The molecule has 2 aliphatic rings. The quantitative estimate of drug-likeness (QED) is 0.673. The highest BCUT2D eigenvalue weighted by molar-refractivity contribution is 5.04. The lowest BCUT2D eigenvalue weighted by atomic mass is 9.78. The lowest BCUT2D eigenvalue weighted by Gasteiger charge is -2.33. The minimum absolute atomic E-state index is 0.418. The van der Waals surface area contributed by atoms with Crippen molar-refractivity contribution in [1.82, 2.24) is 5.32 Å². The first kappa shape index (κ1) is 12.4. The van der Waals surface area contributed by atoms with Crippen LogP contribution in [0.5, 0.6) is 0 Å². The van der Waals surface area contributed by atoms with E-state index < -0.39 is 0 Å². The average molecular weight is 225 g/mol. The first-order valence-electron chi connectivity index (χ1n) is 6.92. The maximum atomic E-state index is 5.47. The van der Waals surface area contributed by atoms with Crippen LogP contribution in [0.2, 0.25) is 0 Å². The fraction of sp³-hybridized carbons (Fsp3) is 1.00. The number of ether oxygens (including phenoxy) is 1. The van der Waals surface area contributed by atoms with Crippen LogP contribution in [-0.4, -0.2) is 26.3 Å². The van der Waals surface area contributed by atoms with Gasteiger partial charge < -0.3 is 10.1 Å². The van der Waals surface area contributed by atoms with Gasteiger partial charge in [0, 0.05) is 13.7 Å². The molecule has 0 aromatic rings. The molecule has 1 N–H and O–H groups in total. The van der Waals surface area contributed by atoms with Gasteiger partial charge in [-0.1, -0.05) is 6.92 Å². The molecule has 0 bridgehead atoms. The summed E-state index contributed by atoms with van der Waals surface area (Å²) in [5, 5.41) is 3.63. The molecule has 0 saturated heterocycles. The number of nitrogens with one attached hydrogen (secondary N) is 1. The summed E-state index contributed by atoms with van der Waals surface area (Å²) < 4.78 is 5.47. The largest absolute Gasteiger partial charge is 0.382 e. The lowest BCUT2D eigenvalue weighted by molar-refractivity contribution is 0.0601. The molecule has 0 aliphatic heterocycles. The van der Waals surface area contributed by atoms with E-state index in [1.165, 1.54) is 45.2 Å². The van der Waals surface area contributed by atoms with E-state index in [2.05, 4.69) is 19.2 Å². The molecule has 94 valence electrons. The van der Waals surface area contributed by atoms with Gasteiger partial charge in [-0.15, -0.1) is 0 Å². The van der Waals surface area contributed by atoms with Crippen LogP contribution in [0.1, 0.15) is 46.0 Å². The SMILES string of the molecule is CCCNCC1(CC(C)OC)CC2CC2C1. The minimum atomic E-state index is 0.418. The molecule has 2 fully saturated rings. The Hall–Kier alpha value is -0.0800. The van der Waals surface area contributed by atoms with E-state index in [4.69, 9.17) is 4.74 Å². The van der Waals surface area contributed by atoms with Gasteiger partial charge in [-0.25, -0.2) is 0 Å². The second kappa shape index (κ2) is 5.05. The summed E-state index contributed by atoms with van der Waals surface area (Å²) in [6, 6.07) is 0. The Morgan fingerprint density at radius 3 is 2.62 bits per heavy atom. The number of hydrogen-bond donors (Lipinski definition) is 1. The second-order valence-electron chi connectivity index (χ2n) is 6.09. The highest BCUT2D eigenvalue weighted by Crippen LogP contribution is 2.61. The summed E-state index contributed by atoms with van der Waals surface area (Å²) >= 11 is 0. The summed E-state index contributed by atoms with van der Waals surface area (Å²) in [5.41, 5.74) is 0.554. The normalized spacial score (nSPS) is 38.4. The van der Waals surface area contributed by atoms with Gasteiger partial charge in [0.2, 0.25) is 0 Å². The van der Waals surface area contributed by atoms with Gasteiger partial charge in [-0.05, 0) is 62.8 Å². The Kier molecular flexibility index (Phi) is 3.91. The lowest BCUT2D eigenvalue weighted by Crippen LogP contribution is -2.36. The second-order valence-corrected chi connectivity index (χ2v) is 6.09. The van der Waals surface area contributed by atoms with E-state index in [1.807, 2.05) is 7.11 Å². The molecule has 0 amide bonds. The molecule has 3 atom stereocenters. The summed E-state index contributed by atoms with van der Waals surface area (Å²) in [4.78, 5) is 0. The fourth-order valence-corrected chi connectivity index (χ4v) is 3.61. The highest BCUT2D eigenvalue weighted by Gasteiger charge is 2.53. The maximum absolute atomic E-state index is 5.47. The van der Waals surface area contributed by atoms with Gasteiger partial charge in [0.05, 0.1) is 6.10 Å². The number of fused-ring (bicyclic) bond motifs is 1. The van der Waals surface area contributed by atoms with Crippen molar-refractivity contribution < 1.29 is 4.74 Å². The standard InChI is InChI=1S/C14H27NO/c1-4-5-15-10-14(7-11(2)16-3)8-12-6-13(12)9-14/h11-13,15H,4-10H2,1-3H3. The van der Waals surface area contributed by atoms with Crippen LogP contribution in [0.3, 0.4) is 0 Å². The first-order chi connectivity index (χ1) is 7.69. The third kappa shape index (κ3) is 2.78. The van der Waals surface area contributed by atoms with Gasteiger partial charge in [0.1, 0.15) is 0 Å². The molecule has 0 spiro atoms. The van der Waals surface area contributed by atoms with Crippen molar-refractivity contribution in [3.8, 4) is 0 Å². The monoisotopic (exact) mass is 225 g/mol. The predicted octanol–water partition coefficient (Wildman–Crippen LogP) is 2.83. The zero-order chi connectivity index (χ0) is 11.6. The molecule has 0 aromatic heterocycles. The smallest absolute Gasteiger partial charge is 0.0549 e. The van der Waals surface area contributed by atoms with E-state index >= 15 is 0 Å². The molecule has 0 radical (unpaired) electrons. The maximum Gasteiger partial charge on any atom is 0.0549 e. The van der Waals surface area contributed by atoms with Crippen molar-refractivity contribution >= 4 is 0 Å². The molecule has 2 rings (SSSR count). The van der Waals surface area contributed by atoms with Crippen LogP contribution in [0.25, 0.3) is 0 Å². The Bertz CT molecular complexity index is 219. The van der Waals surface area contributed by atoms with Gasteiger partial charge >= 0.3 is 0 Å². The third-order valence-corrected chi connectivity index (χ3v) is 4.51. The van der Waals surface area contributed by atoms with Crippen molar-refractivity contribution in [1.29, 1.82) is 0 Å². The van der Waals surface area contributed by atoms with Gasteiger partial charge in [-0.3, -0.25) is 0 Å². The van der Waals surface area contributed by atoms with Gasteiger partial charge in [-0.2, -0.15) is 0 Å². The molecule has 2 aliphatic carbocycles. The Morgan fingerprint density at radius 2 is 2.06 bits per heavy atom. The molecule has 0 heterocycles. The molecule has 2 nitrogen and oxygen atoms in total. The zero-order valence-electron chi connectivity index (χ0n) is 11.1. The Labute approximate surface area is 100 Å². The van der Waals surface area contributed by atoms with Crippen molar-refractivity contribution in [2.45, 2.75) is 52.1 Å². The predicted molar refractivity (Wildman–Crippen MR) is 67.5 cm³/mol. The zero-order valence-corrected chi connectivity index (χ0v) is 11.1. The van der Waals surface area contributed by atoms with Crippen LogP contribution >= 0.6 is 0 Å². The fourth-order valence-electron chi connectivity index (χ4n) is 3.61. The van der Waals surface area contributed by atoms with E-state index in [0.29, 0.717) is 11.5 Å². The number of hydrogen-bond acceptors (Lipinski definition) is 2. The van der Waals surface area contributed by atoms with Crippen LogP contribution in [-0.2, 0) is 4.74 Å². The molecule has 3 unspecified atom stereocenters. The van der Waals surface area contributed by atoms with Gasteiger partial charge in [0.25, 0.3) is 0 Å². The summed E-state index contributed by atoms with van der Waals surface area (Å²) in [6.07, 6.45) is 7.30. The van der Waals surface area contributed by atoms with E-state index in [-0.39, 0.29) is 0 Å². The van der Waals surface area contributed by atoms with E-state index in [9.17, 15) is 0 Å². The minimum Gasteiger partial charge on any atom is -0.382 e. The van der Waals surface area contributed by atoms with Crippen LogP contribution in [0, 0.1) is 17.3 Å². The molecule has 0 aromatic carbocycles. The molecule has 16 heavy (non-hydrogen) atoms. The van der Waals surface area contributed by atoms with Crippen molar-refractivity contribution in [3.05, 3.63) is 0 Å². The summed E-state index contributed by atoms with van der Waals surface area (Å²) in [5.74, 6) is 2.12. The van der Waals surface area contributed by atoms with E-state index in [0.717, 1.165) is 11.8 Å².